The number of H-pyrrole nitrogens is 1. The van der Waals surface area contributed by atoms with E-state index >= 15 is 0 Å². The Morgan fingerprint density at radius 2 is 2.05 bits per heavy atom. The van der Waals surface area contributed by atoms with Crippen LogP contribution in [0, 0.1) is 0 Å². The molecule has 1 amide bonds. The van der Waals surface area contributed by atoms with Gasteiger partial charge in [0.2, 0.25) is 15.7 Å². The van der Waals surface area contributed by atoms with Gasteiger partial charge in [-0.15, -0.1) is 10.2 Å². The van der Waals surface area contributed by atoms with Crippen molar-refractivity contribution < 1.29 is 18.0 Å². The van der Waals surface area contributed by atoms with Crippen molar-refractivity contribution in [1.82, 2.24) is 15.2 Å². The number of carbonyl (C=O) groups is 1. The van der Waals surface area contributed by atoms with E-state index in [1.165, 1.54) is 6.07 Å². The average Bonchev–Trinajstić information content (AvgIpc) is 2.78. The van der Waals surface area contributed by atoms with Gasteiger partial charge in [0.25, 0.3) is 5.91 Å². The van der Waals surface area contributed by atoms with Gasteiger partial charge in [0.1, 0.15) is 0 Å². The minimum Gasteiger partial charge on any atom is -0.328 e. The van der Waals surface area contributed by atoms with Crippen LogP contribution in [0.1, 0.15) is 15.4 Å². The van der Waals surface area contributed by atoms with Gasteiger partial charge in [-0.05, 0) is 6.07 Å². The summed E-state index contributed by atoms with van der Waals surface area (Å²) < 4.78 is 36.8. The van der Waals surface area contributed by atoms with Gasteiger partial charge in [-0.3, -0.25) is 14.9 Å². The molecule has 0 spiro atoms. The SMILES string of the molecule is O=C(Nc1nnc(C(F)(F)F)s1)c1ccc(=O)[nH]c1. The summed E-state index contributed by atoms with van der Waals surface area (Å²) >= 11 is 0.215. The molecule has 0 aliphatic carbocycles. The molecule has 6 nitrogen and oxygen atoms in total. The topological polar surface area (TPSA) is 87.7 Å². The number of amides is 1. The van der Waals surface area contributed by atoms with Gasteiger partial charge in [-0.2, -0.15) is 13.2 Å². The van der Waals surface area contributed by atoms with E-state index < -0.39 is 22.7 Å². The van der Waals surface area contributed by atoms with Gasteiger partial charge >= 0.3 is 6.18 Å². The molecule has 100 valence electrons. The average molecular weight is 290 g/mol. The van der Waals surface area contributed by atoms with Gasteiger partial charge in [0.05, 0.1) is 5.56 Å². The van der Waals surface area contributed by atoms with Crippen molar-refractivity contribution in [1.29, 1.82) is 0 Å². The maximum absolute atomic E-state index is 12.3. The number of hydrogen-bond donors (Lipinski definition) is 2. The van der Waals surface area contributed by atoms with Gasteiger partial charge in [0, 0.05) is 12.3 Å². The molecule has 2 rings (SSSR count). The summed E-state index contributed by atoms with van der Waals surface area (Å²) in [5.74, 6) is -0.693. The van der Waals surface area contributed by atoms with Crippen molar-refractivity contribution in [2.45, 2.75) is 6.18 Å². The molecule has 0 aromatic carbocycles. The third-order valence-electron chi connectivity index (χ3n) is 1.93. The Morgan fingerprint density at radius 3 is 2.58 bits per heavy atom. The Balaban J connectivity index is 2.13. The van der Waals surface area contributed by atoms with E-state index in [0.29, 0.717) is 0 Å². The first-order valence-corrected chi connectivity index (χ1v) is 5.59. The Kier molecular flexibility index (Phi) is 3.34. The third kappa shape index (κ3) is 3.16. The summed E-state index contributed by atoms with van der Waals surface area (Å²) in [6.07, 6.45) is -3.46. The molecule has 0 saturated heterocycles. The predicted molar refractivity (Wildman–Crippen MR) is 59.9 cm³/mol. The van der Waals surface area contributed by atoms with Crippen molar-refractivity contribution in [3.05, 3.63) is 39.3 Å². The van der Waals surface area contributed by atoms with Crippen LogP contribution in [0.3, 0.4) is 0 Å². The van der Waals surface area contributed by atoms with Crippen molar-refractivity contribution in [2.75, 3.05) is 5.32 Å². The number of nitrogens with one attached hydrogen (secondary N) is 2. The molecule has 10 heteroatoms. The van der Waals surface area contributed by atoms with E-state index in [1.54, 1.807) is 0 Å². The van der Waals surface area contributed by atoms with Crippen molar-refractivity contribution in [2.24, 2.45) is 0 Å². The first-order chi connectivity index (χ1) is 8.86. The van der Waals surface area contributed by atoms with Crippen LogP contribution in [0.5, 0.6) is 0 Å². The van der Waals surface area contributed by atoms with E-state index in [0.717, 1.165) is 12.3 Å². The van der Waals surface area contributed by atoms with Crippen LogP contribution in [0.4, 0.5) is 18.3 Å². The molecular formula is C9H5F3N4O2S. The summed E-state index contributed by atoms with van der Waals surface area (Å²) in [4.78, 5) is 24.7. The number of pyridine rings is 1. The number of aromatic amines is 1. The maximum atomic E-state index is 12.3. The fourth-order valence-electron chi connectivity index (χ4n) is 1.11. The highest BCUT2D eigenvalue weighted by molar-refractivity contribution is 7.15. The molecular weight excluding hydrogens is 285 g/mol. The highest BCUT2D eigenvalue weighted by Gasteiger charge is 2.35. The lowest BCUT2D eigenvalue weighted by molar-refractivity contribution is -0.138. The van der Waals surface area contributed by atoms with Gasteiger partial charge in [-0.1, -0.05) is 11.3 Å². The molecule has 2 aromatic heterocycles. The van der Waals surface area contributed by atoms with Crippen LogP contribution in [0.25, 0.3) is 0 Å². The standard InChI is InChI=1S/C9H5F3N4O2S/c10-9(11,12)7-15-16-8(19-7)14-6(18)4-1-2-5(17)13-3-4/h1-3H,(H,13,17)(H,14,16,18). The maximum Gasteiger partial charge on any atom is 0.445 e. The molecule has 2 heterocycles. The van der Waals surface area contributed by atoms with E-state index in [-0.39, 0.29) is 22.0 Å². The monoisotopic (exact) mass is 290 g/mol. The fourth-order valence-corrected chi connectivity index (χ4v) is 1.72. The first-order valence-electron chi connectivity index (χ1n) is 4.77. The van der Waals surface area contributed by atoms with E-state index in [2.05, 4.69) is 20.5 Å². The molecule has 0 aliphatic rings. The fraction of sp³-hybridized carbons (Fsp3) is 0.111. The third-order valence-corrected chi connectivity index (χ3v) is 2.82. The van der Waals surface area contributed by atoms with Crippen LogP contribution in [-0.2, 0) is 6.18 Å². The Morgan fingerprint density at radius 1 is 1.32 bits per heavy atom. The summed E-state index contributed by atoms with van der Waals surface area (Å²) in [5, 5.41) is 6.86. The summed E-state index contributed by atoms with van der Waals surface area (Å²) in [6.45, 7) is 0. The molecule has 0 fully saturated rings. The van der Waals surface area contributed by atoms with Gasteiger partial charge in [-0.25, -0.2) is 0 Å². The number of alkyl halides is 3. The molecule has 0 unspecified atom stereocenters. The highest BCUT2D eigenvalue weighted by Crippen LogP contribution is 2.33. The highest BCUT2D eigenvalue weighted by atomic mass is 32.1. The normalized spacial score (nSPS) is 11.3. The zero-order chi connectivity index (χ0) is 14.0. The lowest BCUT2D eigenvalue weighted by Gasteiger charge is -2.00. The number of nitrogens with zero attached hydrogens (tertiary/aromatic N) is 2. The zero-order valence-electron chi connectivity index (χ0n) is 8.99. The molecule has 2 N–H and O–H groups in total. The largest absolute Gasteiger partial charge is 0.445 e. The molecule has 0 atom stereocenters. The molecule has 0 radical (unpaired) electrons. The summed E-state index contributed by atoms with van der Waals surface area (Å²) in [7, 11) is 0. The number of rotatable bonds is 2. The Labute approximate surface area is 107 Å². The van der Waals surface area contributed by atoms with Crippen molar-refractivity contribution >= 4 is 22.4 Å². The van der Waals surface area contributed by atoms with E-state index in [9.17, 15) is 22.8 Å². The van der Waals surface area contributed by atoms with Gasteiger partial charge < -0.3 is 4.98 Å². The van der Waals surface area contributed by atoms with Crippen LogP contribution in [0.2, 0.25) is 0 Å². The summed E-state index contributed by atoms with van der Waals surface area (Å²) in [6, 6.07) is 2.36. The number of aromatic nitrogens is 3. The Bertz CT molecular complexity index is 643. The number of anilines is 1. The second-order valence-corrected chi connectivity index (χ2v) is 4.28. The molecule has 0 saturated carbocycles. The molecule has 0 aliphatic heterocycles. The lowest BCUT2D eigenvalue weighted by Crippen LogP contribution is -2.14. The van der Waals surface area contributed by atoms with Crippen LogP contribution >= 0.6 is 11.3 Å². The first kappa shape index (κ1) is 13.2. The van der Waals surface area contributed by atoms with E-state index in [4.69, 9.17) is 0 Å². The predicted octanol–water partition coefficient (Wildman–Crippen LogP) is 1.50. The number of carbonyl (C=O) groups excluding carboxylic acids is 1. The quantitative estimate of drug-likeness (QED) is 0.877. The van der Waals surface area contributed by atoms with Gasteiger partial charge in [0.15, 0.2) is 0 Å². The second-order valence-electron chi connectivity index (χ2n) is 3.31. The Hall–Kier alpha value is -2.23. The lowest BCUT2D eigenvalue weighted by atomic mass is 10.3. The number of halogens is 3. The summed E-state index contributed by atoms with van der Waals surface area (Å²) in [5.41, 5.74) is -0.310. The molecule has 0 bridgehead atoms. The van der Waals surface area contributed by atoms with Crippen LogP contribution in [0.15, 0.2) is 23.1 Å². The smallest absolute Gasteiger partial charge is 0.328 e. The van der Waals surface area contributed by atoms with Crippen molar-refractivity contribution in [3.8, 4) is 0 Å². The zero-order valence-corrected chi connectivity index (χ0v) is 9.80. The molecule has 19 heavy (non-hydrogen) atoms. The minimum absolute atomic E-state index is 0.0864. The van der Waals surface area contributed by atoms with E-state index in [1.807, 2.05) is 0 Å². The van der Waals surface area contributed by atoms with Crippen LogP contribution in [-0.4, -0.2) is 21.1 Å². The van der Waals surface area contributed by atoms with Crippen molar-refractivity contribution in [3.63, 3.8) is 0 Å². The molecule has 2 aromatic rings. The minimum atomic E-state index is -4.60. The van der Waals surface area contributed by atoms with Crippen LogP contribution < -0.4 is 10.9 Å². The second kappa shape index (κ2) is 4.80. The number of hydrogen-bond acceptors (Lipinski definition) is 5.